The van der Waals surface area contributed by atoms with E-state index < -0.39 is 0 Å². The lowest BCUT2D eigenvalue weighted by molar-refractivity contribution is 1.11. The molecule has 0 bridgehead atoms. The van der Waals surface area contributed by atoms with Gasteiger partial charge in [-0.05, 0) is 37.8 Å². The minimum Gasteiger partial charge on any atom is -0.0770 e. The molecular formula is C9H14. The lowest BCUT2D eigenvalue weighted by Crippen LogP contribution is -1.78. The fourth-order valence-electron chi connectivity index (χ4n) is 1.27. The summed E-state index contributed by atoms with van der Waals surface area (Å²) >= 11 is 0. The summed E-state index contributed by atoms with van der Waals surface area (Å²) in [5.74, 6) is 0. The maximum Gasteiger partial charge on any atom is -0.0130 e. The number of hydrogen-bond acceptors (Lipinski definition) is 0. The molecule has 0 radical (unpaired) electrons. The topological polar surface area (TPSA) is 0 Å². The molecule has 0 heteroatoms. The van der Waals surface area contributed by atoms with Gasteiger partial charge in [0.1, 0.15) is 0 Å². The van der Waals surface area contributed by atoms with Gasteiger partial charge in [0.25, 0.3) is 0 Å². The molecule has 0 aromatic rings. The molecule has 0 N–H and O–H groups in total. The molecule has 1 aliphatic carbocycles. The smallest absolute Gasteiger partial charge is 0.0130 e. The molecule has 0 unspecified atom stereocenters. The molecule has 0 aliphatic heterocycles. The Kier molecular flexibility index (Phi) is 1.75. The van der Waals surface area contributed by atoms with Gasteiger partial charge in [0.05, 0.1) is 0 Å². The van der Waals surface area contributed by atoms with E-state index >= 15 is 0 Å². The molecule has 0 aromatic carbocycles. The van der Waals surface area contributed by atoms with Crippen molar-refractivity contribution in [3.63, 3.8) is 0 Å². The van der Waals surface area contributed by atoms with E-state index in [0.29, 0.717) is 0 Å². The summed E-state index contributed by atoms with van der Waals surface area (Å²) in [4.78, 5) is 0. The Morgan fingerprint density at radius 1 is 1.44 bits per heavy atom. The first kappa shape index (κ1) is 6.60. The van der Waals surface area contributed by atoms with Crippen LogP contribution in [0.3, 0.4) is 0 Å². The largest absolute Gasteiger partial charge is 0.0770 e. The van der Waals surface area contributed by atoms with Crippen LogP contribution in [0.5, 0.6) is 0 Å². The maximum absolute atomic E-state index is 2.34. The summed E-state index contributed by atoms with van der Waals surface area (Å²) < 4.78 is 0. The number of allylic oxidation sites excluding steroid dienone is 4. The zero-order chi connectivity index (χ0) is 6.85. The molecule has 0 nitrogen and oxygen atoms in total. The Morgan fingerprint density at radius 3 is 2.33 bits per heavy atom. The molecule has 0 saturated carbocycles. The van der Waals surface area contributed by atoms with Crippen LogP contribution in [0, 0.1) is 0 Å². The van der Waals surface area contributed by atoms with Crippen LogP contribution in [0.15, 0.2) is 22.8 Å². The Hall–Kier alpha value is -0.520. The van der Waals surface area contributed by atoms with Crippen LogP contribution < -0.4 is 0 Å². The van der Waals surface area contributed by atoms with E-state index in [1.165, 1.54) is 18.4 Å². The van der Waals surface area contributed by atoms with Gasteiger partial charge in [-0.1, -0.05) is 18.6 Å². The molecule has 50 valence electrons. The third-order valence-corrected chi connectivity index (χ3v) is 2.16. The number of hydrogen-bond donors (Lipinski definition) is 0. The van der Waals surface area contributed by atoms with Crippen molar-refractivity contribution < 1.29 is 0 Å². The van der Waals surface area contributed by atoms with E-state index in [9.17, 15) is 0 Å². The average molecular weight is 122 g/mol. The predicted octanol–water partition coefficient (Wildman–Crippen LogP) is 3.06. The monoisotopic (exact) mass is 122 g/mol. The highest BCUT2D eigenvalue weighted by Crippen LogP contribution is 2.26. The minimum absolute atomic E-state index is 1.19. The second-order valence-corrected chi connectivity index (χ2v) is 2.69. The van der Waals surface area contributed by atoms with Gasteiger partial charge in [-0.25, -0.2) is 0 Å². The minimum atomic E-state index is 1.19. The van der Waals surface area contributed by atoms with Crippen molar-refractivity contribution in [2.45, 2.75) is 33.6 Å². The maximum atomic E-state index is 2.34. The van der Waals surface area contributed by atoms with E-state index in [2.05, 4.69) is 26.8 Å². The SMILES string of the molecule is CCC1=CCC(C)=C1C. The van der Waals surface area contributed by atoms with Crippen molar-refractivity contribution in [1.82, 2.24) is 0 Å². The standard InChI is InChI=1S/C9H14/c1-4-9-6-5-7(2)8(9)3/h6H,4-5H2,1-3H3. The van der Waals surface area contributed by atoms with Gasteiger partial charge in [-0.15, -0.1) is 0 Å². The van der Waals surface area contributed by atoms with Gasteiger partial charge >= 0.3 is 0 Å². The molecule has 0 fully saturated rings. The lowest BCUT2D eigenvalue weighted by atomic mass is 10.1. The van der Waals surface area contributed by atoms with E-state index in [0.717, 1.165) is 0 Å². The van der Waals surface area contributed by atoms with Gasteiger partial charge in [0, 0.05) is 0 Å². The normalized spacial score (nSPS) is 18.8. The van der Waals surface area contributed by atoms with E-state index in [-0.39, 0.29) is 0 Å². The zero-order valence-electron chi connectivity index (χ0n) is 6.49. The highest BCUT2D eigenvalue weighted by molar-refractivity contribution is 5.39. The van der Waals surface area contributed by atoms with Crippen LogP contribution in [-0.4, -0.2) is 0 Å². The van der Waals surface area contributed by atoms with Gasteiger partial charge in [0.2, 0.25) is 0 Å². The Morgan fingerprint density at radius 2 is 2.11 bits per heavy atom. The summed E-state index contributed by atoms with van der Waals surface area (Å²) in [6.45, 7) is 6.65. The highest BCUT2D eigenvalue weighted by Gasteiger charge is 2.06. The van der Waals surface area contributed by atoms with Crippen LogP contribution in [0.1, 0.15) is 33.6 Å². The molecular weight excluding hydrogens is 108 g/mol. The van der Waals surface area contributed by atoms with Crippen LogP contribution >= 0.6 is 0 Å². The van der Waals surface area contributed by atoms with Crippen LogP contribution in [0.4, 0.5) is 0 Å². The Bertz CT molecular complexity index is 170. The first-order valence-corrected chi connectivity index (χ1v) is 3.61. The van der Waals surface area contributed by atoms with Gasteiger partial charge in [0.15, 0.2) is 0 Å². The zero-order valence-corrected chi connectivity index (χ0v) is 6.49. The summed E-state index contributed by atoms with van der Waals surface area (Å²) in [7, 11) is 0. The summed E-state index contributed by atoms with van der Waals surface area (Å²) in [5.41, 5.74) is 4.62. The van der Waals surface area contributed by atoms with Crippen LogP contribution in [-0.2, 0) is 0 Å². The van der Waals surface area contributed by atoms with Crippen molar-refractivity contribution in [3.05, 3.63) is 22.8 Å². The molecule has 9 heavy (non-hydrogen) atoms. The van der Waals surface area contributed by atoms with Crippen LogP contribution in [0.2, 0.25) is 0 Å². The van der Waals surface area contributed by atoms with Crippen molar-refractivity contribution in [1.29, 1.82) is 0 Å². The molecule has 0 atom stereocenters. The average Bonchev–Trinajstić information content (AvgIpc) is 2.15. The molecule has 0 saturated heterocycles. The van der Waals surface area contributed by atoms with E-state index in [1.807, 2.05) is 0 Å². The third kappa shape index (κ3) is 1.07. The summed E-state index contributed by atoms with van der Waals surface area (Å²) in [5, 5.41) is 0. The predicted molar refractivity (Wildman–Crippen MR) is 41.4 cm³/mol. The third-order valence-electron chi connectivity index (χ3n) is 2.16. The fraction of sp³-hybridized carbons (Fsp3) is 0.556. The quantitative estimate of drug-likeness (QED) is 0.501. The first-order valence-electron chi connectivity index (χ1n) is 3.61. The first-order chi connectivity index (χ1) is 4.25. The second kappa shape index (κ2) is 2.38. The highest BCUT2D eigenvalue weighted by atomic mass is 14.1. The summed E-state index contributed by atoms with van der Waals surface area (Å²) in [6.07, 6.45) is 4.73. The van der Waals surface area contributed by atoms with Crippen LogP contribution in [0.25, 0.3) is 0 Å². The molecule has 1 rings (SSSR count). The van der Waals surface area contributed by atoms with Crippen molar-refractivity contribution in [3.8, 4) is 0 Å². The fourth-order valence-corrected chi connectivity index (χ4v) is 1.27. The van der Waals surface area contributed by atoms with E-state index in [1.54, 1.807) is 11.1 Å². The van der Waals surface area contributed by atoms with E-state index in [4.69, 9.17) is 0 Å². The Labute approximate surface area is 57.3 Å². The molecule has 0 aromatic heterocycles. The summed E-state index contributed by atoms with van der Waals surface area (Å²) in [6, 6.07) is 0. The Balaban J connectivity index is 2.79. The van der Waals surface area contributed by atoms with Crippen molar-refractivity contribution in [2.75, 3.05) is 0 Å². The van der Waals surface area contributed by atoms with Crippen molar-refractivity contribution in [2.24, 2.45) is 0 Å². The van der Waals surface area contributed by atoms with Gasteiger partial charge < -0.3 is 0 Å². The molecule has 1 aliphatic rings. The number of rotatable bonds is 1. The van der Waals surface area contributed by atoms with Gasteiger partial charge in [-0.2, -0.15) is 0 Å². The van der Waals surface area contributed by atoms with Crippen molar-refractivity contribution >= 4 is 0 Å². The molecule has 0 heterocycles. The molecule has 0 spiro atoms. The molecule has 0 amide bonds. The lowest BCUT2D eigenvalue weighted by Gasteiger charge is -1.98. The van der Waals surface area contributed by atoms with Gasteiger partial charge in [-0.3, -0.25) is 0 Å². The second-order valence-electron chi connectivity index (χ2n) is 2.69.